The molecule has 1 aromatic carbocycles. The predicted octanol–water partition coefficient (Wildman–Crippen LogP) is 3.46. The summed E-state index contributed by atoms with van der Waals surface area (Å²) in [5.41, 5.74) is 3.80. The average Bonchev–Trinajstić information content (AvgIpc) is 3.34. The van der Waals surface area contributed by atoms with Crippen LogP contribution in [0.2, 0.25) is 0 Å². The van der Waals surface area contributed by atoms with Gasteiger partial charge in [-0.2, -0.15) is 0 Å². The lowest BCUT2D eigenvalue weighted by atomic mass is 9.95. The molecule has 0 spiro atoms. The van der Waals surface area contributed by atoms with E-state index in [2.05, 4.69) is 33.6 Å². The number of rotatable bonds is 2. The minimum absolute atomic E-state index is 0.00129. The third-order valence-electron chi connectivity index (χ3n) is 5.27. The average molecular weight is 365 g/mol. The van der Waals surface area contributed by atoms with E-state index in [-0.39, 0.29) is 5.91 Å². The highest BCUT2D eigenvalue weighted by Crippen LogP contribution is 2.38. The summed E-state index contributed by atoms with van der Waals surface area (Å²) in [5, 5.41) is 6.23. The van der Waals surface area contributed by atoms with Crippen LogP contribution >= 0.6 is 11.3 Å². The van der Waals surface area contributed by atoms with Gasteiger partial charge in [-0.15, -0.1) is 11.3 Å². The molecule has 1 saturated heterocycles. The van der Waals surface area contributed by atoms with Crippen molar-refractivity contribution in [2.24, 2.45) is 0 Å². The smallest absolute Gasteiger partial charge is 0.276 e. The molecule has 2 aromatic heterocycles. The Labute approximate surface area is 155 Å². The third-order valence-corrected chi connectivity index (χ3v) is 6.25. The second kappa shape index (κ2) is 6.29. The highest BCUT2D eigenvalue weighted by molar-refractivity contribution is 7.10. The van der Waals surface area contributed by atoms with E-state index < -0.39 is 0 Å². The van der Waals surface area contributed by atoms with Gasteiger partial charge < -0.3 is 14.3 Å². The molecule has 0 unspecified atom stereocenters. The number of hydrogen-bond acceptors (Lipinski definition) is 5. The Hall–Kier alpha value is -2.60. The summed E-state index contributed by atoms with van der Waals surface area (Å²) in [6.45, 7) is 3.09. The SMILES string of the molecule is O=C(c1noc2c1CCc1sccc1-2)N1CCN(c2ccccc2)CC1. The van der Waals surface area contributed by atoms with E-state index in [9.17, 15) is 4.79 Å². The number of aromatic nitrogens is 1. The minimum atomic E-state index is 0.00129. The van der Waals surface area contributed by atoms with Gasteiger partial charge in [-0.25, -0.2) is 0 Å². The molecule has 2 aliphatic rings. The summed E-state index contributed by atoms with van der Waals surface area (Å²) in [6, 6.07) is 12.4. The number of carbonyl (C=O) groups excluding carboxylic acids is 1. The van der Waals surface area contributed by atoms with Crippen molar-refractivity contribution in [2.75, 3.05) is 31.1 Å². The lowest BCUT2D eigenvalue weighted by Crippen LogP contribution is -2.49. The molecule has 26 heavy (non-hydrogen) atoms. The number of carbonyl (C=O) groups is 1. The van der Waals surface area contributed by atoms with Crippen LogP contribution in [0.4, 0.5) is 5.69 Å². The summed E-state index contributed by atoms with van der Waals surface area (Å²) in [6.07, 6.45) is 1.79. The maximum Gasteiger partial charge on any atom is 0.276 e. The number of nitrogens with zero attached hydrogens (tertiary/aromatic N) is 3. The Balaban J connectivity index is 1.33. The van der Waals surface area contributed by atoms with Gasteiger partial charge in [0, 0.05) is 47.9 Å². The first kappa shape index (κ1) is 15.6. The molecule has 1 aliphatic carbocycles. The Bertz CT molecular complexity index is 939. The largest absolute Gasteiger partial charge is 0.368 e. The molecule has 0 atom stereocenters. The lowest BCUT2D eigenvalue weighted by molar-refractivity contribution is 0.0735. The number of amides is 1. The van der Waals surface area contributed by atoms with Gasteiger partial charge in [-0.1, -0.05) is 23.4 Å². The summed E-state index contributed by atoms with van der Waals surface area (Å²) in [5.74, 6) is 0.792. The maximum atomic E-state index is 13.0. The van der Waals surface area contributed by atoms with E-state index in [0.717, 1.165) is 42.8 Å². The first-order chi connectivity index (χ1) is 12.8. The van der Waals surface area contributed by atoms with Crippen LogP contribution in [0, 0.1) is 0 Å². The molecule has 5 nitrogen and oxygen atoms in total. The number of hydrogen-bond donors (Lipinski definition) is 0. The Morgan fingerprint density at radius 1 is 1.04 bits per heavy atom. The monoisotopic (exact) mass is 365 g/mol. The van der Waals surface area contributed by atoms with E-state index in [1.54, 1.807) is 11.3 Å². The third kappa shape index (κ3) is 2.52. The molecule has 1 aliphatic heterocycles. The summed E-state index contributed by atoms with van der Waals surface area (Å²) in [4.78, 5) is 18.6. The Morgan fingerprint density at radius 2 is 1.85 bits per heavy atom. The van der Waals surface area contributed by atoms with Crippen LogP contribution < -0.4 is 4.90 Å². The fourth-order valence-corrected chi connectivity index (χ4v) is 4.73. The normalized spacial score (nSPS) is 16.3. The van der Waals surface area contributed by atoms with Gasteiger partial charge in [0.1, 0.15) is 0 Å². The first-order valence-corrected chi connectivity index (χ1v) is 9.84. The number of thiophene rings is 1. The topological polar surface area (TPSA) is 49.6 Å². The van der Waals surface area contributed by atoms with Crippen LogP contribution in [-0.2, 0) is 12.8 Å². The second-order valence-corrected chi connectivity index (χ2v) is 7.71. The van der Waals surface area contributed by atoms with Gasteiger partial charge in [0.05, 0.1) is 0 Å². The van der Waals surface area contributed by atoms with E-state index in [1.165, 1.54) is 10.6 Å². The van der Waals surface area contributed by atoms with Crippen LogP contribution in [0.15, 0.2) is 46.3 Å². The van der Waals surface area contributed by atoms with Crippen LogP contribution in [0.5, 0.6) is 0 Å². The molecule has 132 valence electrons. The molecule has 5 rings (SSSR count). The number of aryl methyl sites for hydroxylation is 1. The maximum absolute atomic E-state index is 13.0. The van der Waals surface area contributed by atoms with Crippen molar-refractivity contribution >= 4 is 22.9 Å². The van der Waals surface area contributed by atoms with Gasteiger partial charge in [-0.05, 0) is 36.4 Å². The van der Waals surface area contributed by atoms with E-state index in [0.29, 0.717) is 18.8 Å². The molecule has 0 N–H and O–H groups in total. The lowest BCUT2D eigenvalue weighted by Gasteiger charge is -2.35. The zero-order chi connectivity index (χ0) is 17.5. The molecule has 3 aromatic rings. The zero-order valence-electron chi connectivity index (χ0n) is 14.4. The number of fused-ring (bicyclic) bond motifs is 3. The molecule has 1 amide bonds. The van der Waals surface area contributed by atoms with Crippen molar-refractivity contribution in [1.82, 2.24) is 10.1 Å². The molecule has 0 bridgehead atoms. The zero-order valence-corrected chi connectivity index (χ0v) is 15.2. The highest BCUT2D eigenvalue weighted by atomic mass is 32.1. The summed E-state index contributed by atoms with van der Waals surface area (Å²) >= 11 is 1.74. The van der Waals surface area contributed by atoms with Crippen molar-refractivity contribution < 1.29 is 9.32 Å². The van der Waals surface area contributed by atoms with Crippen LogP contribution in [0.3, 0.4) is 0 Å². The van der Waals surface area contributed by atoms with Gasteiger partial charge in [0.2, 0.25) is 0 Å². The van der Waals surface area contributed by atoms with Crippen LogP contribution in [-0.4, -0.2) is 42.1 Å². The molecule has 1 fully saturated rings. The first-order valence-electron chi connectivity index (χ1n) is 8.96. The number of benzene rings is 1. The fourth-order valence-electron chi connectivity index (χ4n) is 3.85. The van der Waals surface area contributed by atoms with Crippen LogP contribution in [0.1, 0.15) is 20.9 Å². The molecule has 6 heteroatoms. The van der Waals surface area contributed by atoms with Gasteiger partial charge in [0.15, 0.2) is 11.5 Å². The van der Waals surface area contributed by atoms with Crippen molar-refractivity contribution in [3.63, 3.8) is 0 Å². The van der Waals surface area contributed by atoms with Crippen molar-refractivity contribution in [3.05, 3.63) is 57.9 Å². The van der Waals surface area contributed by atoms with E-state index in [1.807, 2.05) is 23.1 Å². The second-order valence-electron chi connectivity index (χ2n) is 6.71. The number of para-hydroxylation sites is 1. The number of anilines is 1. The molecule has 0 radical (unpaired) electrons. The molecular weight excluding hydrogens is 346 g/mol. The highest BCUT2D eigenvalue weighted by Gasteiger charge is 2.31. The van der Waals surface area contributed by atoms with Gasteiger partial charge >= 0.3 is 0 Å². The molecule has 0 saturated carbocycles. The Morgan fingerprint density at radius 3 is 2.65 bits per heavy atom. The number of piperazine rings is 1. The summed E-state index contributed by atoms with van der Waals surface area (Å²) < 4.78 is 5.57. The molecule has 3 heterocycles. The predicted molar refractivity (Wildman–Crippen MR) is 102 cm³/mol. The van der Waals surface area contributed by atoms with Crippen LogP contribution in [0.25, 0.3) is 11.3 Å². The summed E-state index contributed by atoms with van der Waals surface area (Å²) in [7, 11) is 0. The van der Waals surface area contributed by atoms with Gasteiger partial charge in [0.25, 0.3) is 5.91 Å². The Kier molecular flexibility index (Phi) is 3.78. The molecular formula is C20H19N3O2S. The quantitative estimate of drug-likeness (QED) is 0.698. The van der Waals surface area contributed by atoms with Crippen molar-refractivity contribution in [3.8, 4) is 11.3 Å². The van der Waals surface area contributed by atoms with E-state index in [4.69, 9.17) is 4.52 Å². The van der Waals surface area contributed by atoms with Crippen molar-refractivity contribution in [1.29, 1.82) is 0 Å². The van der Waals surface area contributed by atoms with E-state index >= 15 is 0 Å². The standard InChI is InChI=1S/C20H19N3O2S/c24-20(23-11-9-22(10-12-23)14-4-2-1-3-5-14)18-16-6-7-17-15(8-13-26-17)19(16)25-21-18/h1-5,8,13H,6-7,9-12H2. The van der Waals surface area contributed by atoms with Gasteiger partial charge in [-0.3, -0.25) is 4.79 Å². The fraction of sp³-hybridized carbons (Fsp3) is 0.300. The minimum Gasteiger partial charge on any atom is -0.368 e. The van der Waals surface area contributed by atoms with Crippen molar-refractivity contribution in [2.45, 2.75) is 12.8 Å².